The summed E-state index contributed by atoms with van der Waals surface area (Å²) in [6, 6.07) is -0.431. The Kier molecular flexibility index (Phi) is 4.64. The molecule has 0 aromatic heterocycles. The minimum absolute atomic E-state index is 0.0228. The molecule has 1 N–H and O–H groups in total. The van der Waals surface area contributed by atoms with E-state index in [0.717, 1.165) is 12.8 Å². The molecular formula is C15H28N2O2. The van der Waals surface area contributed by atoms with Gasteiger partial charge in [0.1, 0.15) is 6.04 Å². The molecule has 0 saturated carbocycles. The van der Waals surface area contributed by atoms with Gasteiger partial charge in [-0.25, -0.2) is 0 Å². The zero-order chi connectivity index (χ0) is 14.8. The van der Waals surface area contributed by atoms with Crippen LogP contribution in [0.15, 0.2) is 0 Å². The van der Waals surface area contributed by atoms with Gasteiger partial charge in [0.25, 0.3) is 0 Å². The highest BCUT2D eigenvalue weighted by atomic mass is 16.2. The molecule has 1 saturated heterocycles. The molecule has 4 nitrogen and oxygen atoms in total. The quantitative estimate of drug-likeness (QED) is 0.854. The molecular weight excluding hydrogens is 240 g/mol. The molecule has 0 bridgehead atoms. The van der Waals surface area contributed by atoms with Crippen molar-refractivity contribution < 1.29 is 9.59 Å². The molecule has 1 aliphatic heterocycles. The van der Waals surface area contributed by atoms with Crippen molar-refractivity contribution >= 4 is 11.8 Å². The van der Waals surface area contributed by atoms with Gasteiger partial charge in [-0.3, -0.25) is 9.59 Å². The first-order valence-electron chi connectivity index (χ1n) is 7.26. The maximum Gasteiger partial charge on any atom is 0.246 e. The molecule has 1 atom stereocenters. The second-order valence-electron chi connectivity index (χ2n) is 6.81. The van der Waals surface area contributed by atoms with E-state index in [1.807, 2.05) is 25.7 Å². The van der Waals surface area contributed by atoms with E-state index >= 15 is 0 Å². The lowest BCUT2D eigenvalue weighted by Gasteiger charge is -2.42. The Labute approximate surface area is 116 Å². The van der Waals surface area contributed by atoms with E-state index in [-0.39, 0.29) is 22.8 Å². The van der Waals surface area contributed by atoms with Gasteiger partial charge < -0.3 is 10.2 Å². The summed E-state index contributed by atoms with van der Waals surface area (Å²) in [6.45, 7) is 12.8. The summed E-state index contributed by atoms with van der Waals surface area (Å²) in [5.74, 6) is 0.0369. The van der Waals surface area contributed by atoms with Crippen molar-refractivity contribution in [2.45, 2.75) is 72.4 Å². The summed E-state index contributed by atoms with van der Waals surface area (Å²) < 4.78 is 0. The van der Waals surface area contributed by atoms with Crippen molar-refractivity contribution in [1.29, 1.82) is 0 Å². The van der Waals surface area contributed by atoms with Crippen LogP contribution < -0.4 is 5.32 Å². The summed E-state index contributed by atoms with van der Waals surface area (Å²) in [5.41, 5.74) is -0.426. The molecule has 110 valence electrons. The second-order valence-corrected chi connectivity index (χ2v) is 6.81. The molecule has 1 heterocycles. The van der Waals surface area contributed by atoms with Gasteiger partial charge in [-0.05, 0) is 25.2 Å². The third-order valence-electron chi connectivity index (χ3n) is 4.42. The topological polar surface area (TPSA) is 49.4 Å². The lowest BCUT2D eigenvalue weighted by Crippen LogP contribution is -2.57. The molecule has 0 aromatic carbocycles. The third-order valence-corrected chi connectivity index (χ3v) is 4.42. The predicted octanol–water partition coefficient (Wildman–Crippen LogP) is 2.33. The van der Waals surface area contributed by atoms with Gasteiger partial charge in [-0.1, -0.05) is 34.6 Å². The van der Waals surface area contributed by atoms with E-state index < -0.39 is 6.04 Å². The normalized spacial score (nSPS) is 22.2. The van der Waals surface area contributed by atoms with Gasteiger partial charge in [0.2, 0.25) is 11.8 Å². The van der Waals surface area contributed by atoms with E-state index in [2.05, 4.69) is 26.1 Å². The molecule has 0 aromatic rings. The van der Waals surface area contributed by atoms with Crippen LogP contribution in [0.4, 0.5) is 0 Å². The van der Waals surface area contributed by atoms with Crippen LogP contribution >= 0.6 is 0 Å². The zero-order valence-electron chi connectivity index (χ0n) is 13.2. The molecule has 1 fully saturated rings. The molecule has 1 rings (SSSR count). The van der Waals surface area contributed by atoms with Gasteiger partial charge >= 0.3 is 0 Å². The molecule has 1 unspecified atom stereocenters. The molecule has 2 amide bonds. The SMILES string of the molecule is CCC(C)(CC)N1CCC(=O)NC(C(C)(C)C)C1=O. The minimum atomic E-state index is -0.431. The molecule has 4 heteroatoms. The summed E-state index contributed by atoms with van der Waals surface area (Å²) in [5, 5.41) is 2.89. The average Bonchev–Trinajstić information content (AvgIpc) is 2.48. The van der Waals surface area contributed by atoms with Crippen LogP contribution in [0.1, 0.15) is 60.8 Å². The van der Waals surface area contributed by atoms with Gasteiger partial charge in [0.05, 0.1) is 0 Å². The Bertz CT molecular complexity index is 354. The maximum atomic E-state index is 12.8. The van der Waals surface area contributed by atoms with Crippen molar-refractivity contribution in [2.75, 3.05) is 6.54 Å². The second kappa shape index (κ2) is 5.51. The average molecular weight is 268 g/mol. The largest absolute Gasteiger partial charge is 0.344 e. The van der Waals surface area contributed by atoms with Crippen molar-refractivity contribution in [3.8, 4) is 0 Å². The maximum absolute atomic E-state index is 12.8. The third kappa shape index (κ3) is 3.28. The highest BCUT2D eigenvalue weighted by molar-refractivity contribution is 5.91. The van der Waals surface area contributed by atoms with Crippen LogP contribution in [0.5, 0.6) is 0 Å². The summed E-state index contributed by atoms with van der Waals surface area (Å²) in [7, 11) is 0. The number of hydrogen-bond donors (Lipinski definition) is 1. The Morgan fingerprint density at radius 1 is 1.16 bits per heavy atom. The molecule has 0 aliphatic carbocycles. The minimum Gasteiger partial charge on any atom is -0.344 e. The zero-order valence-corrected chi connectivity index (χ0v) is 13.2. The van der Waals surface area contributed by atoms with Crippen molar-refractivity contribution in [1.82, 2.24) is 10.2 Å². The summed E-state index contributed by atoms with van der Waals surface area (Å²) in [6.07, 6.45) is 2.20. The number of carbonyl (C=O) groups is 2. The number of hydrogen-bond acceptors (Lipinski definition) is 2. The van der Waals surface area contributed by atoms with Crippen molar-refractivity contribution in [3.63, 3.8) is 0 Å². The highest BCUT2D eigenvalue weighted by Crippen LogP contribution is 2.30. The monoisotopic (exact) mass is 268 g/mol. The Morgan fingerprint density at radius 2 is 1.68 bits per heavy atom. The van der Waals surface area contributed by atoms with Gasteiger partial charge in [-0.15, -0.1) is 0 Å². The molecule has 0 radical (unpaired) electrons. The van der Waals surface area contributed by atoms with E-state index in [9.17, 15) is 9.59 Å². The van der Waals surface area contributed by atoms with Crippen LogP contribution in [0.2, 0.25) is 0 Å². The van der Waals surface area contributed by atoms with Crippen LogP contribution in [-0.4, -0.2) is 34.8 Å². The summed E-state index contributed by atoms with van der Waals surface area (Å²) >= 11 is 0. The number of nitrogens with zero attached hydrogens (tertiary/aromatic N) is 1. The summed E-state index contributed by atoms with van der Waals surface area (Å²) in [4.78, 5) is 26.6. The highest BCUT2D eigenvalue weighted by Gasteiger charge is 2.42. The van der Waals surface area contributed by atoms with Crippen molar-refractivity contribution in [3.05, 3.63) is 0 Å². The van der Waals surface area contributed by atoms with E-state index in [1.165, 1.54) is 0 Å². The fourth-order valence-corrected chi connectivity index (χ4v) is 2.53. The first-order chi connectivity index (χ1) is 8.65. The van der Waals surface area contributed by atoms with Crippen LogP contribution in [0, 0.1) is 5.41 Å². The van der Waals surface area contributed by atoms with E-state index in [0.29, 0.717) is 13.0 Å². The molecule has 0 spiro atoms. The predicted molar refractivity (Wildman–Crippen MR) is 76.7 cm³/mol. The lowest BCUT2D eigenvalue weighted by atomic mass is 9.84. The number of amides is 2. The van der Waals surface area contributed by atoms with Crippen LogP contribution in [0.25, 0.3) is 0 Å². The molecule has 19 heavy (non-hydrogen) atoms. The molecule has 1 aliphatic rings. The lowest BCUT2D eigenvalue weighted by molar-refractivity contribution is -0.142. The standard InChI is InChI=1S/C15H28N2O2/c1-7-15(6,8-2)17-10-9-11(18)16-12(13(17)19)14(3,4)5/h12H,7-10H2,1-6H3,(H,16,18). The van der Waals surface area contributed by atoms with Crippen LogP contribution in [-0.2, 0) is 9.59 Å². The fraction of sp³-hybridized carbons (Fsp3) is 0.867. The Hall–Kier alpha value is -1.06. The Morgan fingerprint density at radius 3 is 2.11 bits per heavy atom. The van der Waals surface area contributed by atoms with Crippen LogP contribution in [0.3, 0.4) is 0 Å². The van der Waals surface area contributed by atoms with Gasteiger partial charge in [-0.2, -0.15) is 0 Å². The van der Waals surface area contributed by atoms with Crippen molar-refractivity contribution in [2.24, 2.45) is 5.41 Å². The Balaban J connectivity index is 3.13. The first kappa shape index (κ1) is 16.0. The first-order valence-corrected chi connectivity index (χ1v) is 7.26. The van der Waals surface area contributed by atoms with Gasteiger partial charge in [0, 0.05) is 18.5 Å². The number of nitrogens with one attached hydrogen (secondary N) is 1. The van der Waals surface area contributed by atoms with Gasteiger partial charge in [0.15, 0.2) is 0 Å². The van der Waals surface area contributed by atoms with E-state index in [1.54, 1.807) is 0 Å². The fourth-order valence-electron chi connectivity index (χ4n) is 2.53. The number of carbonyl (C=O) groups excluding carboxylic acids is 2. The number of rotatable bonds is 3. The smallest absolute Gasteiger partial charge is 0.246 e. The van der Waals surface area contributed by atoms with E-state index in [4.69, 9.17) is 0 Å².